The fourth-order valence-electron chi connectivity index (χ4n) is 4.90. The molecule has 2 aliphatic rings. The zero-order valence-corrected chi connectivity index (χ0v) is 24.9. The molecule has 10 nitrogen and oxygen atoms in total. The summed E-state index contributed by atoms with van der Waals surface area (Å²) in [7, 11) is 1.68. The summed E-state index contributed by atoms with van der Waals surface area (Å²) in [6.07, 6.45) is -6.53. The zero-order valence-electron chi connectivity index (χ0n) is 24.1. The topological polar surface area (TPSA) is 130 Å². The van der Waals surface area contributed by atoms with Gasteiger partial charge in [-0.25, -0.2) is 9.59 Å². The van der Waals surface area contributed by atoms with E-state index < -0.39 is 29.9 Å². The summed E-state index contributed by atoms with van der Waals surface area (Å²) < 4.78 is 75.2. The van der Waals surface area contributed by atoms with Crippen molar-refractivity contribution in [2.75, 3.05) is 33.4 Å². The average Bonchev–Trinajstić information content (AvgIpc) is 3.64. The molecule has 2 atom stereocenters. The fourth-order valence-corrected chi connectivity index (χ4v) is 5.56. The van der Waals surface area contributed by atoms with Crippen molar-refractivity contribution >= 4 is 29.2 Å². The van der Waals surface area contributed by atoms with Crippen molar-refractivity contribution < 1.29 is 60.4 Å². The van der Waals surface area contributed by atoms with E-state index in [1.807, 2.05) is 29.3 Å². The molecule has 2 N–H and O–H groups in total. The molecule has 3 aromatic rings. The highest BCUT2D eigenvalue weighted by Gasteiger charge is 2.57. The van der Waals surface area contributed by atoms with E-state index in [-0.39, 0.29) is 11.8 Å². The number of morpholine rings is 1. The maximum absolute atomic E-state index is 13.9. The van der Waals surface area contributed by atoms with Crippen LogP contribution in [0.1, 0.15) is 22.6 Å². The Bertz CT molecular complexity index is 1430. The van der Waals surface area contributed by atoms with Crippen molar-refractivity contribution in [1.82, 2.24) is 14.8 Å². The smallest absolute Gasteiger partial charge is 0.490 e. The van der Waals surface area contributed by atoms with Crippen LogP contribution in [0, 0.1) is 0 Å². The van der Waals surface area contributed by atoms with Gasteiger partial charge >= 0.3 is 24.3 Å². The number of methoxy groups -OCH3 is 1. The van der Waals surface area contributed by atoms with Gasteiger partial charge in [0, 0.05) is 51.0 Å². The third-order valence-electron chi connectivity index (χ3n) is 6.90. The fraction of sp³-hybridized carbons (Fsp3) is 0.379. The van der Waals surface area contributed by atoms with Crippen LogP contribution in [0.2, 0.25) is 0 Å². The van der Waals surface area contributed by atoms with E-state index in [1.54, 1.807) is 24.6 Å². The van der Waals surface area contributed by atoms with E-state index in [2.05, 4.69) is 44.9 Å². The molecule has 4 heterocycles. The first-order chi connectivity index (χ1) is 21.6. The van der Waals surface area contributed by atoms with Crippen molar-refractivity contribution in [3.05, 3.63) is 82.3 Å². The zero-order chi connectivity index (χ0) is 34.1. The normalized spacial score (nSPS) is 19.9. The molecule has 2 saturated heterocycles. The average molecular weight is 678 g/mol. The minimum absolute atomic E-state index is 0.0698. The largest absolute Gasteiger partial charge is 0.497 e. The van der Waals surface area contributed by atoms with Gasteiger partial charge < -0.3 is 24.6 Å². The summed E-state index contributed by atoms with van der Waals surface area (Å²) in [5.41, 5.74) is 2.48. The minimum atomic E-state index is -5.08. The number of ether oxygens (including phenoxy) is 2. The van der Waals surface area contributed by atoms with E-state index in [0.29, 0.717) is 26.2 Å². The summed E-state index contributed by atoms with van der Waals surface area (Å²) in [5.74, 6) is -4.66. The molecular weight excluding hydrogens is 648 g/mol. The molecule has 1 aromatic carbocycles. The van der Waals surface area contributed by atoms with Gasteiger partial charge in [0.15, 0.2) is 5.60 Å². The molecule has 2 fully saturated rings. The predicted octanol–water partition coefficient (Wildman–Crippen LogP) is 4.82. The number of hydrogen-bond acceptors (Lipinski definition) is 8. The number of nitrogens with zero attached hydrogens (tertiary/aromatic N) is 3. The standard InChI is InChI=1S/C25H27N3O3S.2C2HF3O2/c1-30-22-6-2-4-19(12-22)14-27-16-23(21-5-3-8-26-13-21)25(18-27)24(29)28(9-10-31-25)15-20-7-11-32-17-20;2*3-2(4,5)1(6)7/h2-8,11-13,17,23H,9-10,14-16,18H2,1H3;2*(H,6,7). The first kappa shape index (κ1) is 36.3. The van der Waals surface area contributed by atoms with Crippen LogP contribution in [-0.4, -0.2) is 94.1 Å². The second-order valence-corrected chi connectivity index (χ2v) is 10.8. The van der Waals surface area contributed by atoms with Gasteiger partial charge in [0.05, 0.1) is 13.7 Å². The van der Waals surface area contributed by atoms with Crippen LogP contribution >= 0.6 is 11.3 Å². The Morgan fingerprint density at radius 1 is 1.04 bits per heavy atom. The third kappa shape index (κ3) is 9.64. The van der Waals surface area contributed by atoms with Gasteiger partial charge in [0.1, 0.15) is 5.75 Å². The van der Waals surface area contributed by atoms with Gasteiger partial charge in [-0.1, -0.05) is 18.2 Å². The molecule has 0 radical (unpaired) electrons. The number of benzene rings is 1. The summed E-state index contributed by atoms with van der Waals surface area (Å²) in [6, 6.07) is 14.2. The Kier molecular flexibility index (Phi) is 12.1. The first-order valence-corrected chi connectivity index (χ1v) is 14.3. The number of carboxylic acid groups (broad SMARTS) is 2. The number of carboxylic acids is 2. The van der Waals surface area contributed by atoms with E-state index in [9.17, 15) is 31.1 Å². The second-order valence-electron chi connectivity index (χ2n) is 10.1. The van der Waals surface area contributed by atoms with Crippen molar-refractivity contribution in [3.63, 3.8) is 0 Å². The van der Waals surface area contributed by atoms with Gasteiger partial charge in [-0.15, -0.1) is 0 Å². The number of alkyl halides is 6. The maximum Gasteiger partial charge on any atom is 0.490 e. The number of hydrogen-bond donors (Lipinski definition) is 2. The van der Waals surface area contributed by atoms with Crippen LogP contribution in [0.4, 0.5) is 26.3 Å². The highest BCUT2D eigenvalue weighted by molar-refractivity contribution is 7.07. The first-order valence-electron chi connectivity index (χ1n) is 13.4. The number of amides is 1. The van der Waals surface area contributed by atoms with E-state index in [1.165, 1.54) is 5.56 Å². The monoisotopic (exact) mass is 677 g/mol. The van der Waals surface area contributed by atoms with Crippen LogP contribution in [0.3, 0.4) is 0 Å². The highest BCUT2D eigenvalue weighted by Crippen LogP contribution is 2.42. The Morgan fingerprint density at radius 3 is 2.26 bits per heavy atom. The molecule has 2 aliphatic heterocycles. The number of aromatic nitrogens is 1. The van der Waals surface area contributed by atoms with Gasteiger partial charge in [-0.3, -0.25) is 14.7 Å². The van der Waals surface area contributed by atoms with Crippen LogP contribution < -0.4 is 4.74 Å². The van der Waals surface area contributed by atoms with Crippen molar-refractivity contribution in [1.29, 1.82) is 0 Å². The van der Waals surface area contributed by atoms with Crippen LogP contribution in [0.5, 0.6) is 5.75 Å². The number of rotatable bonds is 6. The minimum Gasteiger partial charge on any atom is -0.497 e. The molecule has 2 unspecified atom stereocenters. The van der Waals surface area contributed by atoms with Gasteiger partial charge in [-0.05, 0) is 51.7 Å². The molecule has 46 heavy (non-hydrogen) atoms. The molecule has 250 valence electrons. The number of likely N-dealkylation sites (tertiary alicyclic amines) is 1. The third-order valence-corrected chi connectivity index (χ3v) is 7.63. The summed E-state index contributed by atoms with van der Waals surface area (Å²) in [6.45, 7) is 3.81. The van der Waals surface area contributed by atoms with Gasteiger partial charge in [0.2, 0.25) is 0 Å². The Labute approximate surface area is 262 Å². The molecular formula is C29H29F6N3O7S. The van der Waals surface area contributed by atoms with Gasteiger partial charge in [-0.2, -0.15) is 37.7 Å². The summed E-state index contributed by atoms with van der Waals surface area (Å²) in [5, 5.41) is 18.4. The number of carbonyl (C=O) groups excluding carboxylic acids is 1. The van der Waals surface area contributed by atoms with Crippen LogP contribution in [0.25, 0.3) is 0 Å². The number of aliphatic carboxylic acids is 2. The van der Waals surface area contributed by atoms with Crippen molar-refractivity contribution in [2.24, 2.45) is 0 Å². The van der Waals surface area contributed by atoms with E-state index in [0.717, 1.165) is 30.0 Å². The molecule has 0 aliphatic carbocycles. The molecule has 0 bridgehead atoms. The number of halogens is 6. The Hall–Kier alpha value is -4.22. The van der Waals surface area contributed by atoms with Crippen LogP contribution in [-0.2, 0) is 32.2 Å². The second kappa shape index (κ2) is 15.4. The lowest BCUT2D eigenvalue weighted by Gasteiger charge is -2.42. The quantitative estimate of drug-likeness (QED) is 0.353. The molecule has 2 aromatic heterocycles. The Morgan fingerprint density at radius 2 is 1.72 bits per heavy atom. The predicted molar refractivity (Wildman–Crippen MR) is 151 cm³/mol. The van der Waals surface area contributed by atoms with Gasteiger partial charge in [0.25, 0.3) is 5.91 Å². The molecule has 1 amide bonds. The number of pyridine rings is 1. The summed E-state index contributed by atoms with van der Waals surface area (Å²) in [4.78, 5) is 40.3. The highest BCUT2D eigenvalue weighted by atomic mass is 32.1. The number of thiophene rings is 1. The SMILES string of the molecule is COc1cccc(CN2CC(c3cccnc3)C3(C2)OCCN(Cc2ccsc2)C3=O)c1.O=C(O)C(F)(F)F.O=C(O)C(F)(F)F. The Balaban J connectivity index is 0.000000345. The lowest BCUT2D eigenvalue weighted by atomic mass is 9.83. The van der Waals surface area contributed by atoms with Crippen molar-refractivity contribution in [2.45, 2.75) is 37.0 Å². The lowest BCUT2D eigenvalue weighted by molar-refractivity contribution is -0.193. The molecule has 1 spiro atoms. The lowest BCUT2D eigenvalue weighted by Crippen LogP contribution is -2.59. The van der Waals surface area contributed by atoms with Crippen LogP contribution in [0.15, 0.2) is 65.6 Å². The van der Waals surface area contributed by atoms with E-state index in [4.69, 9.17) is 29.3 Å². The summed E-state index contributed by atoms with van der Waals surface area (Å²) >= 11 is 1.66. The van der Waals surface area contributed by atoms with E-state index >= 15 is 0 Å². The number of carbonyl (C=O) groups is 3. The van der Waals surface area contributed by atoms with Crippen molar-refractivity contribution in [3.8, 4) is 5.75 Å². The molecule has 0 saturated carbocycles. The molecule has 5 rings (SSSR count). The molecule has 17 heteroatoms. The maximum atomic E-state index is 13.9.